The number of likely N-dealkylation sites (tertiary alicyclic amines) is 1. The molecule has 0 spiro atoms. The van der Waals surface area contributed by atoms with Gasteiger partial charge in [-0.1, -0.05) is 17.7 Å². The number of piperidine rings is 1. The van der Waals surface area contributed by atoms with E-state index in [1.807, 2.05) is 18.7 Å². The number of hydrogen-bond acceptors (Lipinski definition) is 4. The van der Waals surface area contributed by atoms with Crippen molar-refractivity contribution >= 4 is 34.8 Å². The highest BCUT2D eigenvalue weighted by Crippen LogP contribution is 2.29. The number of benzene rings is 2. The average molecular weight is 430 g/mol. The molecule has 30 heavy (non-hydrogen) atoms. The summed E-state index contributed by atoms with van der Waals surface area (Å²) in [6.07, 6.45) is 2.91. The number of amides is 2. The van der Waals surface area contributed by atoms with Crippen LogP contribution in [0.2, 0.25) is 5.02 Å². The van der Waals surface area contributed by atoms with Gasteiger partial charge in [0.25, 0.3) is 17.5 Å². The number of nitrogens with one attached hydrogen (secondary N) is 1. The zero-order valence-corrected chi connectivity index (χ0v) is 17.9. The van der Waals surface area contributed by atoms with Crippen LogP contribution in [0, 0.1) is 17.0 Å². The third-order valence-corrected chi connectivity index (χ3v) is 5.79. The lowest BCUT2D eigenvalue weighted by atomic mass is 9.96. The summed E-state index contributed by atoms with van der Waals surface area (Å²) in [6.45, 7) is 5.64. The van der Waals surface area contributed by atoms with Crippen LogP contribution in [0.15, 0.2) is 36.4 Å². The van der Waals surface area contributed by atoms with Crippen LogP contribution in [-0.2, 0) is 0 Å². The Morgan fingerprint density at radius 2 is 1.80 bits per heavy atom. The molecule has 2 atom stereocenters. The molecule has 0 bridgehead atoms. The molecule has 1 fully saturated rings. The highest BCUT2D eigenvalue weighted by molar-refractivity contribution is 6.31. The summed E-state index contributed by atoms with van der Waals surface area (Å²) in [7, 11) is 0. The SMILES string of the molecule is Cc1ccc(C(=O)Nc2ccc(Cl)cc2C(=O)N2[C@H](C)CCC[C@H]2C)cc1[N+](=O)[O-]. The van der Waals surface area contributed by atoms with Gasteiger partial charge in [-0.2, -0.15) is 0 Å². The highest BCUT2D eigenvalue weighted by atomic mass is 35.5. The summed E-state index contributed by atoms with van der Waals surface area (Å²) in [5.41, 5.74) is 1.10. The van der Waals surface area contributed by atoms with E-state index >= 15 is 0 Å². The Balaban J connectivity index is 1.92. The topological polar surface area (TPSA) is 92.6 Å². The Hall–Kier alpha value is -2.93. The summed E-state index contributed by atoms with van der Waals surface area (Å²) in [5, 5.41) is 14.3. The van der Waals surface area contributed by atoms with Crippen molar-refractivity contribution in [2.45, 2.75) is 52.1 Å². The molecule has 0 unspecified atom stereocenters. The van der Waals surface area contributed by atoms with Gasteiger partial charge in [0.15, 0.2) is 0 Å². The van der Waals surface area contributed by atoms with Crippen molar-refractivity contribution in [3.63, 3.8) is 0 Å². The molecule has 1 aliphatic heterocycles. The largest absolute Gasteiger partial charge is 0.333 e. The number of anilines is 1. The summed E-state index contributed by atoms with van der Waals surface area (Å²) < 4.78 is 0. The molecule has 0 aliphatic carbocycles. The molecule has 1 aliphatic rings. The first-order valence-corrected chi connectivity index (χ1v) is 10.3. The number of hydrogen-bond donors (Lipinski definition) is 1. The van der Waals surface area contributed by atoms with Gasteiger partial charge in [-0.3, -0.25) is 19.7 Å². The van der Waals surface area contributed by atoms with Gasteiger partial charge >= 0.3 is 0 Å². The molecule has 1 saturated heterocycles. The number of nitro benzene ring substituents is 1. The molecular weight excluding hydrogens is 406 g/mol. The third-order valence-electron chi connectivity index (χ3n) is 5.56. The molecule has 2 amide bonds. The highest BCUT2D eigenvalue weighted by Gasteiger charge is 2.31. The van der Waals surface area contributed by atoms with Crippen molar-refractivity contribution in [1.82, 2.24) is 4.90 Å². The molecule has 8 heteroatoms. The van der Waals surface area contributed by atoms with E-state index in [1.54, 1.807) is 25.1 Å². The fraction of sp³-hybridized carbons (Fsp3) is 0.364. The lowest BCUT2D eigenvalue weighted by Gasteiger charge is -2.39. The Morgan fingerprint density at radius 1 is 1.13 bits per heavy atom. The number of halogens is 1. The maximum Gasteiger partial charge on any atom is 0.273 e. The van der Waals surface area contributed by atoms with Gasteiger partial charge in [0, 0.05) is 34.3 Å². The summed E-state index contributed by atoms with van der Waals surface area (Å²) in [5.74, 6) is -0.725. The molecule has 0 saturated carbocycles. The van der Waals surface area contributed by atoms with Crippen molar-refractivity contribution in [3.8, 4) is 0 Å². The molecule has 158 valence electrons. The molecule has 1 heterocycles. The zero-order chi connectivity index (χ0) is 22.0. The minimum atomic E-state index is -0.533. The fourth-order valence-electron chi connectivity index (χ4n) is 3.90. The second-order valence-corrected chi connectivity index (χ2v) is 8.18. The van der Waals surface area contributed by atoms with E-state index in [9.17, 15) is 19.7 Å². The van der Waals surface area contributed by atoms with Gasteiger partial charge in [-0.05, 0) is 64.3 Å². The lowest BCUT2D eigenvalue weighted by Crippen LogP contribution is -2.47. The van der Waals surface area contributed by atoms with Crippen LogP contribution in [0.5, 0.6) is 0 Å². The van der Waals surface area contributed by atoms with Crippen LogP contribution in [0.3, 0.4) is 0 Å². The maximum absolute atomic E-state index is 13.3. The van der Waals surface area contributed by atoms with Gasteiger partial charge in [-0.15, -0.1) is 0 Å². The number of rotatable bonds is 4. The Labute approximate surface area is 180 Å². The van der Waals surface area contributed by atoms with Crippen molar-refractivity contribution in [3.05, 3.63) is 68.2 Å². The summed E-state index contributed by atoms with van der Waals surface area (Å²) in [4.78, 5) is 38.6. The molecule has 2 aromatic carbocycles. The number of nitrogens with zero attached hydrogens (tertiary/aromatic N) is 2. The predicted molar refractivity (Wildman–Crippen MR) is 116 cm³/mol. The minimum Gasteiger partial charge on any atom is -0.333 e. The normalized spacial score (nSPS) is 18.7. The standard InChI is InChI=1S/C22H24ClN3O4/c1-13-7-8-16(11-20(13)26(29)30)21(27)24-19-10-9-17(23)12-18(19)22(28)25-14(2)5-4-6-15(25)3/h7-12,14-15H,4-6H2,1-3H3,(H,24,27)/t14-,15-/m1/s1. The van der Waals surface area contributed by atoms with E-state index in [0.717, 1.165) is 19.3 Å². The van der Waals surface area contributed by atoms with Gasteiger partial charge < -0.3 is 10.2 Å². The van der Waals surface area contributed by atoms with Crippen LogP contribution in [0.4, 0.5) is 11.4 Å². The number of nitro groups is 1. The zero-order valence-electron chi connectivity index (χ0n) is 17.1. The summed E-state index contributed by atoms with van der Waals surface area (Å²) in [6, 6.07) is 9.17. The van der Waals surface area contributed by atoms with Crippen LogP contribution in [0.1, 0.15) is 59.4 Å². The number of carbonyl (C=O) groups is 2. The predicted octanol–water partition coefficient (Wildman–Crippen LogP) is 5.21. The Kier molecular flexibility index (Phi) is 6.41. The van der Waals surface area contributed by atoms with E-state index in [-0.39, 0.29) is 29.2 Å². The van der Waals surface area contributed by atoms with Gasteiger partial charge in [0.05, 0.1) is 16.2 Å². The van der Waals surface area contributed by atoms with Crippen molar-refractivity contribution in [2.24, 2.45) is 0 Å². The maximum atomic E-state index is 13.3. The first-order valence-electron chi connectivity index (χ1n) is 9.87. The summed E-state index contributed by atoms with van der Waals surface area (Å²) >= 11 is 6.14. The molecular formula is C22H24ClN3O4. The van der Waals surface area contributed by atoms with E-state index in [1.165, 1.54) is 18.2 Å². The smallest absolute Gasteiger partial charge is 0.273 e. The van der Waals surface area contributed by atoms with Crippen molar-refractivity contribution < 1.29 is 14.5 Å². The number of carbonyl (C=O) groups excluding carboxylic acids is 2. The Morgan fingerprint density at radius 3 is 2.43 bits per heavy atom. The van der Waals surface area contributed by atoms with Gasteiger partial charge in [-0.25, -0.2) is 0 Å². The molecule has 0 radical (unpaired) electrons. The van der Waals surface area contributed by atoms with E-state index < -0.39 is 10.8 Å². The van der Waals surface area contributed by atoms with Crippen LogP contribution < -0.4 is 5.32 Å². The van der Waals surface area contributed by atoms with E-state index in [2.05, 4.69) is 5.32 Å². The van der Waals surface area contributed by atoms with Crippen molar-refractivity contribution in [1.29, 1.82) is 0 Å². The first-order chi connectivity index (χ1) is 14.2. The fourth-order valence-corrected chi connectivity index (χ4v) is 4.08. The molecule has 1 N–H and O–H groups in total. The monoisotopic (exact) mass is 429 g/mol. The molecule has 3 rings (SSSR count). The Bertz CT molecular complexity index is 998. The average Bonchev–Trinajstić information content (AvgIpc) is 2.69. The van der Waals surface area contributed by atoms with Crippen LogP contribution in [0.25, 0.3) is 0 Å². The lowest BCUT2D eigenvalue weighted by molar-refractivity contribution is -0.385. The van der Waals surface area contributed by atoms with E-state index in [0.29, 0.717) is 21.8 Å². The van der Waals surface area contributed by atoms with Crippen LogP contribution in [-0.4, -0.2) is 33.7 Å². The molecule has 0 aromatic heterocycles. The second-order valence-electron chi connectivity index (χ2n) is 7.74. The first kappa shape index (κ1) is 21.8. The van der Waals surface area contributed by atoms with Crippen molar-refractivity contribution in [2.75, 3.05) is 5.32 Å². The van der Waals surface area contributed by atoms with E-state index in [4.69, 9.17) is 11.6 Å². The van der Waals surface area contributed by atoms with Gasteiger partial charge in [0.2, 0.25) is 0 Å². The third kappa shape index (κ3) is 4.46. The number of aryl methyl sites for hydroxylation is 1. The second kappa shape index (κ2) is 8.83. The molecule has 2 aromatic rings. The molecule has 7 nitrogen and oxygen atoms in total. The van der Waals surface area contributed by atoms with Gasteiger partial charge in [0.1, 0.15) is 0 Å². The quantitative estimate of drug-likeness (QED) is 0.533. The minimum absolute atomic E-state index is 0.0866. The van der Waals surface area contributed by atoms with Crippen LogP contribution >= 0.6 is 11.6 Å².